The number of hydrogen-bond acceptors (Lipinski definition) is 5. The van der Waals surface area contributed by atoms with Crippen LogP contribution in [0.1, 0.15) is 50.2 Å². The summed E-state index contributed by atoms with van der Waals surface area (Å²) in [4.78, 5) is 50.0. The Morgan fingerprint density at radius 3 is 2.61 bits per heavy atom. The van der Waals surface area contributed by atoms with Crippen LogP contribution in [0.15, 0.2) is 35.9 Å². The Hall–Kier alpha value is -3.16. The minimum atomic E-state index is -1.25. The van der Waals surface area contributed by atoms with Crippen LogP contribution in [0, 0.1) is 6.92 Å². The van der Waals surface area contributed by atoms with Crippen molar-refractivity contribution in [1.29, 1.82) is 0 Å². The molecule has 1 fully saturated rings. The SMILES string of the molecule is Cc1ccc([C@]2(C)NC(=O)N(CC(=O)OCC(=O)NCCC3=CCCCC3)C2=O)cc1. The van der Waals surface area contributed by atoms with E-state index in [0.29, 0.717) is 12.1 Å². The first-order valence-corrected chi connectivity index (χ1v) is 10.6. The Kier molecular flexibility index (Phi) is 7.09. The first kappa shape index (κ1) is 22.5. The van der Waals surface area contributed by atoms with E-state index in [4.69, 9.17) is 4.74 Å². The fourth-order valence-corrected chi connectivity index (χ4v) is 3.79. The molecule has 0 bridgehead atoms. The van der Waals surface area contributed by atoms with Crippen molar-refractivity contribution in [3.05, 3.63) is 47.0 Å². The van der Waals surface area contributed by atoms with Crippen molar-refractivity contribution in [3.63, 3.8) is 0 Å². The average Bonchev–Trinajstić information content (AvgIpc) is 2.97. The number of ether oxygens (including phenoxy) is 1. The van der Waals surface area contributed by atoms with Gasteiger partial charge in [0, 0.05) is 6.54 Å². The smallest absolute Gasteiger partial charge is 0.326 e. The number of nitrogens with zero attached hydrogens (tertiary/aromatic N) is 1. The lowest BCUT2D eigenvalue weighted by Crippen LogP contribution is -2.42. The minimum Gasteiger partial charge on any atom is -0.454 e. The van der Waals surface area contributed by atoms with Crippen molar-refractivity contribution >= 4 is 23.8 Å². The first-order chi connectivity index (χ1) is 14.8. The van der Waals surface area contributed by atoms with Crippen molar-refractivity contribution in [2.24, 2.45) is 0 Å². The van der Waals surface area contributed by atoms with E-state index in [2.05, 4.69) is 16.7 Å². The maximum Gasteiger partial charge on any atom is 0.326 e. The molecule has 31 heavy (non-hydrogen) atoms. The van der Waals surface area contributed by atoms with E-state index in [9.17, 15) is 19.2 Å². The standard InChI is InChI=1S/C23H29N3O5/c1-16-8-10-18(11-9-16)23(2)21(29)26(22(30)25-23)14-20(28)31-15-19(27)24-13-12-17-6-4-3-5-7-17/h6,8-11H,3-5,7,12-15H2,1-2H3,(H,24,27)(H,25,30)/t23-/m0/s1. The lowest BCUT2D eigenvalue weighted by atomic mass is 9.91. The van der Waals surface area contributed by atoms with Crippen LogP contribution >= 0.6 is 0 Å². The number of urea groups is 1. The first-order valence-electron chi connectivity index (χ1n) is 10.6. The van der Waals surface area contributed by atoms with Crippen molar-refractivity contribution in [2.45, 2.75) is 51.5 Å². The van der Waals surface area contributed by atoms with Gasteiger partial charge in [0.15, 0.2) is 6.61 Å². The van der Waals surface area contributed by atoms with E-state index in [1.165, 1.54) is 18.4 Å². The molecular formula is C23H29N3O5. The zero-order chi connectivity index (χ0) is 22.4. The van der Waals surface area contributed by atoms with Gasteiger partial charge in [0.25, 0.3) is 11.8 Å². The highest BCUT2D eigenvalue weighted by molar-refractivity contribution is 6.08. The van der Waals surface area contributed by atoms with Crippen LogP contribution in [0.25, 0.3) is 0 Å². The largest absolute Gasteiger partial charge is 0.454 e. The van der Waals surface area contributed by atoms with Gasteiger partial charge in [0.1, 0.15) is 12.1 Å². The Morgan fingerprint density at radius 1 is 1.19 bits per heavy atom. The summed E-state index contributed by atoms with van der Waals surface area (Å²) in [5.41, 5.74) is 1.74. The number of nitrogens with one attached hydrogen (secondary N) is 2. The molecule has 166 valence electrons. The van der Waals surface area contributed by atoms with Crippen LogP contribution in [0.4, 0.5) is 4.79 Å². The summed E-state index contributed by atoms with van der Waals surface area (Å²) in [5, 5.41) is 5.36. The topological polar surface area (TPSA) is 105 Å². The number of carbonyl (C=O) groups excluding carboxylic acids is 4. The molecule has 4 amide bonds. The average molecular weight is 428 g/mol. The Balaban J connectivity index is 1.46. The Morgan fingerprint density at radius 2 is 1.94 bits per heavy atom. The van der Waals surface area contributed by atoms with E-state index in [1.807, 2.05) is 19.1 Å². The molecule has 2 N–H and O–H groups in total. The number of hydrogen-bond donors (Lipinski definition) is 2. The highest BCUT2D eigenvalue weighted by Crippen LogP contribution is 2.28. The van der Waals surface area contributed by atoms with E-state index in [-0.39, 0.29) is 0 Å². The molecule has 0 unspecified atom stereocenters. The number of aryl methyl sites for hydroxylation is 1. The number of imide groups is 1. The number of benzene rings is 1. The zero-order valence-corrected chi connectivity index (χ0v) is 18.0. The lowest BCUT2D eigenvalue weighted by molar-refractivity contribution is -0.151. The molecule has 8 nitrogen and oxygen atoms in total. The van der Waals surface area contributed by atoms with Crippen molar-refractivity contribution < 1.29 is 23.9 Å². The molecule has 8 heteroatoms. The number of allylic oxidation sites excluding steroid dienone is 1. The van der Waals surface area contributed by atoms with E-state index >= 15 is 0 Å². The predicted molar refractivity (Wildman–Crippen MR) is 114 cm³/mol. The third kappa shape index (κ3) is 5.51. The predicted octanol–water partition coefficient (Wildman–Crippen LogP) is 2.31. The van der Waals surface area contributed by atoms with Crippen molar-refractivity contribution in [2.75, 3.05) is 19.7 Å². The van der Waals surface area contributed by atoms with Gasteiger partial charge in [0.05, 0.1) is 0 Å². The normalized spacial score (nSPS) is 20.8. The lowest BCUT2D eigenvalue weighted by Gasteiger charge is -2.22. The van der Waals surface area contributed by atoms with Crippen LogP contribution in [0.2, 0.25) is 0 Å². The van der Waals surface area contributed by atoms with Gasteiger partial charge in [0.2, 0.25) is 0 Å². The van der Waals surface area contributed by atoms with Crippen LogP contribution < -0.4 is 10.6 Å². The maximum atomic E-state index is 12.8. The molecule has 0 radical (unpaired) electrons. The zero-order valence-electron chi connectivity index (χ0n) is 18.0. The van der Waals surface area contributed by atoms with Crippen LogP contribution in [0.5, 0.6) is 0 Å². The molecular weight excluding hydrogens is 398 g/mol. The van der Waals surface area contributed by atoms with E-state index in [1.54, 1.807) is 19.1 Å². The molecule has 0 spiro atoms. The van der Waals surface area contributed by atoms with Gasteiger partial charge in [-0.3, -0.25) is 19.3 Å². The van der Waals surface area contributed by atoms with Crippen molar-refractivity contribution in [1.82, 2.24) is 15.5 Å². The minimum absolute atomic E-state index is 0.411. The number of carbonyl (C=O) groups is 4. The second-order valence-electron chi connectivity index (χ2n) is 8.18. The van der Waals surface area contributed by atoms with Gasteiger partial charge in [-0.1, -0.05) is 41.5 Å². The molecule has 1 heterocycles. The third-order valence-corrected chi connectivity index (χ3v) is 5.71. The third-order valence-electron chi connectivity index (χ3n) is 5.71. The summed E-state index contributed by atoms with van der Waals surface area (Å²) in [6, 6.07) is 6.56. The number of amides is 4. The second-order valence-corrected chi connectivity index (χ2v) is 8.18. The molecule has 3 rings (SSSR count). The molecule has 1 aliphatic carbocycles. The molecule has 1 aromatic carbocycles. The van der Waals surface area contributed by atoms with Gasteiger partial charge in [-0.15, -0.1) is 0 Å². The summed E-state index contributed by atoms with van der Waals surface area (Å²) >= 11 is 0. The molecule has 1 aliphatic heterocycles. The second kappa shape index (κ2) is 9.76. The van der Waals surface area contributed by atoms with Crippen molar-refractivity contribution in [3.8, 4) is 0 Å². The van der Waals surface area contributed by atoms with Crippen LogP contribution in [-0.2, 0) is 24.7 Å². The number of esters is 1. The maximum absolute atomic E-state index is 12.8. The fourth-order valence-electron chi connectivity index (χ4n) is 3.79. The summed E-state index contributed by atoms with van der Waals surface area (Å²) in [6.45, 7) is 3.01. The number of rotatable bonds is 8. The van der Waals surface area contributed by atoms with Crippen LogP contribution in [0.3, 0.4) is 0 Å². The highest BCUT2D eigenvalue weighted by atomic mass is 16.5. The fraction of sp³-hybridized carbons (Fsp3) is 0.478. The van der Waals surface area contributed by atoms with Gasteiger partial charge < -0.3 is 15.4 Å². The van der Waals surface area contributed by atoms with Gasteiger partial charge in [-0.2, -0.15) is 0 Å². The van der Waals surface area contributed by atoms with Gasteiger partial charge in [-0.25, -0.2) is 4.79 Å². The monoisotopic (exact) mass is 427 g/mol. The highest BCUT2D eigenvalue weighted by Gasteiger charge is 2.49. The molecule has 2 aliphatic rings. The van der Waals surface area contributed by atoms with Gasteiger partial charge in [-0.05, 0) is 51.5 Å². The summed E-state index contributed by atoms with van der Waals surface area (Å²) in [6.07, 6.45) is 7.57. The molecule has 0 aromatic heterocycles. The molecule has 1 aromatic rings. The molecule has 1 saturated heterocycles. The Labute approximate surface area is 182 Å². The molecule has 1 atom stereocenters. The van der Waals surface area contributed by atoms with E-state index in [0.717, 1.165) is 29.7 Å². The summed E-state index contributed by atoms with van der Waals surface area (Å²) < 4.78 is 4.96. The summed E-state index contributed by atoms with van der Waals surface area (Å²) in [5.74, 6) is -1.77. The summed E-state index contributed by atoms with van der Waals surface area (Å²) in [7, 11) is 0. The molecule has 0 saturated carbocycles. The Bertz CT molecular complexity index is 893. The van der Waals surface area contributed by atoms with Crippen LogP contribution in [-0.4, -0.2) is 48.4 Å². The quantitative estimate of drug-likeness (QED) is 0.376. The van der Waals surface area contributed by atoms with Gasteiger partial charge >= 0.3 is 12.0 Å². The van der Waals surface area contributed by atoms with E-state index < -0.39 is 42.5 Å².